The second-order valence-corrected chi connectivity index (χ2v) is 9.39. The van der Waals surface area contributed by atoms with E-state index in [-0.39, 0.29) is 10.9 Å². The summed E-state index contributed by atoms with van der Waals surface area (Å²) in [7, 11) is 0. The molecule has 6 nitrogen and oxygen atoms in total. The highest BCUT2D eigenvalue weighted by Crippen LogP contribution is 2.26. The molecule has 6 heteroatoms. The van der Waals surface area contributed by atoms with Crippen molar-refractivity contribution in [2.24, 2.45) is 0 Å². The van der Waals surface area contributed by atoms with Crippen molar-refractivity contribution >= 4 is 21.9 Å². The number of hydrogen-bond acceptors (Lipinski definition) is 6. The lowest BCUT2D eigenvalue weighted by atomic mass is 10.1. The zero-order chi connectivity index (χ0) is 27.3. The normalized spacial score (nSPS) is 11.1. The van der Waals surface area contributed by atoms with Crippen LogP contribution in [0.1, 0.15) is 12.8 Å². The fourth-order valence-corrected chi connectivity index (χ4v) is 4.51. The summed E-state index contributed by atoms with van der Waals surface area (Å²) in [6, 6.07) is 32.5. The van der Waals surface area contributed by atoms with Gasteiger partial charge >= 0.3 is 0 Å². The molecule has 198 valence electrons. The first-order chi connectivity index (χ1) is 19.6. The van der Waals surface area contributed by atoms with Crippen LogP contribution in [0.3, 0.4) is 0 Å². The second-order valence-electron chi connectivity index (χ2n) is 9.39. The van der Waals surface area contributed by atoms with E-state index in [1.165, 1.54) is 12.1 Å². The lowest BCUT2D eigenvalue weighted by Crippen LogP contribution is -2.03. The SMILES string of the molecule is O=c1cc(-c2ccc(OCCCCOc3ccc(-c4cc(=O)c5ccccc5o4)cc3)cc2)oc2ccccc12. The number of hydrogen-bond donors (Lipinski definition) is 0. The number of ether oxygens (including phenoxy) is 2. The van der Waals surface area contributed by atoms with Crippen molar-refractivity contribution in [3.05, 3.63) is 130 Å². The first-order valence-electron chi connectivity index (χ1n) is 13.2. The summed E-state index contributed by atoms with van der Waals surface area (Å²) in [5.41, 5.74) is 2.65. The first-order valence-corrected chi connectivity index (χ1v) is 13.2. The summed E-state index contributed by atoms with van der Waals surface area (Å²) >= 11 is 0. The highest BCUT2D eigenvalue weighted by Gasteiger charge is 2.08. The van der Waals surface area contributed by atoms with E-state index in [0.29, 0.717) is 46.7 Å². The smallest absolute Gasteiger partial charge is 0.193 e. The fraction of sp³-hybridized carbons (Fsp3) is 0.118. The Morgan fingerprint density at radius 3 is 1.32 bits per heavy atom. The second kappa shape index (κ2) is 11.3. The van der Waals surface area contributed by atoms with Crippen LogP contribution in [0.4, 0.5) is 0 Å². The van der Waals surface area contributed by atoms with Crippen molar-refractivity contribution in [3.63, 3.8) is 0 Å². The third-order valence-electron chi connectivity index (χ3n) is 6.62. The Hall–Kier alpha value is -5.10. The van der Waals surface area contributed by atoms with E-state index in [0.717, 1.165) is 35.5 Å². The van der Waals surface area contributed by atoms with Gasteiger partial charge in [0.15, 0.2) is 10.9 Å². The summed E-state index contributed by atoms with van der Waals surface area (Å²) in [6.07, 6.45) is 1.67. The van der Waals surface area contributed by atoms with Gasteiger partial charge in [0.1, 0.15) is 34.2 Å². The molecule has 0 fully saturated rings. The van der Waals surface area contributed by atoms with Gasteiger partial charge in [-0.15, -0.1) is 0 Å². The maximum absolute atomic E-state index is 12.4. The molecule has 0 bridgehead atoms. The highest BCUT2D eigenvalue weighted by atomic mass is 16.5. The van der Waals surface area contributed by atoms with E-state index < -0.39 is 0 Å². The van der Waals surface area contributed by atoms with Gasteiger partial charge in [0.2, 0.25) is 0 Å². The van der Waals surface area contributed by atoms with Gasteiger partial charge in [-0.1, -0.05) is 24.3 Å². The topological polar surface area (TPSA) is 78.9 Å². The Bertz CT molecular complexity index is 1740. The Morgan fingerprint density at radius 1 is 0.500 bits per heavy atom. The van der Waals surface area contributed by atoms with Crippen molar-refractivity contribution in [2.75, 3.05) is 13.2 Å². The molecule has 6 rings (SSSR count). The van der Waals surface area contributed by atoms with Crippen LogP contribution in [-0.2, 0) is 0 Å². The molecule has 2 heterocycles. The molecule has 6 aromatic rings. The van der Waals surface area contributed by atoms with Crippen LogP contribution in [0.2, 0.25) is 0 Å². The minimum atomic E-state index is -0.0615. The predicted octanol–water partition coefficient (Wildman–Crippen LogP) is 7.47. The molecule has 0 atom stereocenters. The quantitative estimate of drug-likeness (QED) is 0.180. The molecule has 0 saturated carbocycles. The average Bonchev–Trinajstić information content (AvgIpc) is 2.99. The van der Waals surface area contributed by atoms with E-state index in [1.807, 2.05) is 72.8 Å². The maximum atomic E-state index is 12.4. The van der Waals surface area contributed by atoms with Gasteiger partial charge in [-0.05, 0) is 85.6 Å². The summed E-state index contributed by atoms with van der Waals surface area (Å²) in [5, 5.41) is 1.14. The summed E-state index contributed by atoms with van der Waals surface area (Å²) in [5.74, 6) is 2.57. The first kappa shape index (κ1) is 25.2. The van der Waals surface area contributed by atoms with Gasteiger partial charge in [-0.3, -0.25) is 9.59 Å². The molecule has 2 aromatic heterocycles. The van der Waals surface area contributed by atoms with Crippen LogP contribution in [0.5, 0.6) is 11.5 Å². The van der Waals surface area contributed by atoms with Crippen LogP contribution in [0.25, 0.3) is 44.6 Å². The number of rotatable bonds is 9. The lowest BCUT2D eigenvalue weighted by Gasteiger charge is -2.09. The standard InChI is InChI=1S/C34H26O6/c35-29-21-33(39-31-9-3-1-7-27(29)31)23-11-15-25(16-12-23)37-19-5-6-20-38-26-17-13-24(14-18-26)34-22-30(36)28-8-2-4-10-32(28)40-34/h1-4,7-18,21-22H,5-6,19-20H2. The van der Waals surface area contributed by atoms with Crippen molar-refractivity contribution in [1.82, 2.24) is 0 Å². The van der Waals surface area contributed by atoms with Gasteiger partial charge in [0.05, 0.1) is 24.0 Å². The monoisotopic (exact) mass is 530 g/mol. The molecule has 0 spiro atoms. The molecule has 0 aliphatic carbocycles. The van der Waals surface area contributed by atoms with Crippen LogP contribution >= 0.6 is 0 Å². The molecule has 4 aromatic carbocycles. The number of benzene rings is 4. The predicted molar refractivity (Wildman–Crippen MR) is 156 cm³/mol. The van der Waals surface area contributed by atoms with E-state index in [9.17, 15) is 9.59 Å². The maximum Gasteiger partial charge on any atom is 0.193 e. The molecule has 0 saturated heterocycles. The van der Waals surface area contributed by atoms with Crippen LogP contribution in [-0.4, -0.2) is 13.2 Å². The van der Waals surface area contributed by atoms with Gasteiger partial charge in [-0.2, -0.15) is 0 Å². The van der Waals surface area contributed by atoms with E-state index in [4.69, 9.17) is 18.3 Å². The van der Waals surface area contributed by atoms with E-state index in [2.05, 4.69) is 0 Å². The summed E-state index contributed by atoms with van der Waals surface area (Å²) in [4.78, 5) is 24.7. The molecule has 40 heavy (non-hydrogen) atoms. The minimum absolute atomic E-state index is 0.0615. The van der Waals surface area contributed by atoms with E-state index in [1.54, 1.807) is 24.3 Å². The largest absolute Gasteiger partial charge is 0.494 e. The zero-order valence-electron chi connectivity index (χ0n) is 21.7. The fourth-order valence-electron chi connectivity index (χ4n) is 4.51. The van der Waals surface area contributed by atoms with Crippen molar-refractivity contribution in [3.8, 4) is 34.1 Å². The third kappa shape index (κ3) is 5.52. The minimum Gasteiger partial charge on any atom is -0.494 e. The Labute approximate surface area is 230 Å². The average molecular weight is 531 g/mol. The summed E-state index contributed by atoms with van der Waals surface area (Å²) in [6.45, 7) is 1.13. The van der Waals surface area contributed by atoms with Gasteiger partial charge in [0.25, 0.3) is 0 Å². The van der Waals surface area contributed by atoms with Gasteiger partial charge in [-0.25, -0.2) is 0 Å². The van der Waals surface area contributed by atoms with Crippen molar-refractivity contribution < 1.29 is 18.3 Å². The molecular weight excluding hydrogens is 504 g/mol. The number of unbranched alkanes of at least 4 members (excludes halogenated alkanes) is 1. The molecule has 0 unspecified atom stereocenters. The van der Waals surface area contributed by atoms with Crippen molar-refractivity contribution in [2.45, 2.75) is 12.8 Å². The highest BCUT2D eigenvalue weighted by molar-refractivity contribution is 5.79. The van der Waals surface area contributed by atoms with Gasteiger partial charge < -0.3 is 18.3 Å². The Balaban J connectivity index is 0.969. The Kier molecular flexibility index (Phi) is 7.14. The molecule has 0 aliphatic heterocycles. The third-order valence-corrected chi connectivity index (χ3v) is 6.62. The Morgan fingerprint density at radius 2 is 0.900 bits per heavy atom. The van der Waals surface area contributed by atoms with Crippen LogP contribution in [0, 0.1) is 0 Å². The number of para-hydroxylation sites is 2. The number of fused-ring (bicyclic) bond motifs is 2. The molecule has 0 amide bonds. The van der Waals surface area contributed by atoms with Crippen LogP contribution < -0.4 is 20.3 Å². The zero-order valence-corrected chi connectivity index (χ0v) is 21.7. The summed E-state index contributed by atoms with van der Waals surface area (Å²) < 4.78 is 23.5. The molecule has 0 radical (unpaired) electrons. The van der Waals surface area contributed by atoms with Crippen molar-refractivity contribution in [1.29, 1.82) is 0 Å². The molecule has 0 aliphatic rings. The van der Waals surface area contributed by atoms with Crippen LogP contribution in [0.15, 0.2) is 128 Å². The van der Waals surface area contributed by atoms with E-state index >= 15 is 0 Å². The molecular formula is C34H26O6. The van der Waals surface area contributed by atoms with Gasteiger partial charge in [0, 0.05) is 23.3 Å². The molecule has 0 N–H and O–H groups in total. The lowest BCUT2D eigenvalue weighted by molar-refractivity contribution is 0.266.